The maximum atomic E-state index is 11.7. The van der Waals surface area contributed by atoms with E-state index in [1.807, 2.05) is 18.2 Å². The predicted octanol–water partition coefficient (Wildman–Crippen LogP) is 1.81. The number of nitrogens with two attached hydrogens (primary N) is 1. The molecule has 0 unspecified atom stereocenters. The van der Waals surface area contributed by atoms with Crippen molar-refractivity contribution in [3.8, 4) is 17.0 Å². The molecule has 1 aromatic heterocycles. The summed E-state index contributed by atoms with van der Waals surface area (Å²) in [5, 5.41) is 6.58. The maximum Gasteiger partial charge on any atom is 0.271 e. The minimum absolute atomic E-state index is 0.226. The van der Waals surface area contributed by atoms with Crippen molar-refractivity contribution in [3.05, 3.63) is 64.2 Å². The second-order valence-electron chi connectivity index (χ2n) is 4.38. The molecule has 5 nitrogen and oxygen atoms in total. The normalized spacial score (nSPS) is 15.8. The van der Waals surface area contributed by atoms with Gasteiger partial charge in [-0.2, -0.15) is 5.10 Å². The third-order valence-electron chi connectivity index (χ3n) is 3.05. The Hall–Kier alpha value is -2.66. The molecule has 2 bridgehead atoms. The molecule has 100 valence electrons. The highest BCUT2D eigenvalue weighted by molar-refractivity contribution is 5.70. The summed E-state index contributed by atoms with van der Waals surface area (Å²) in [4.78, 5) is 11.7. The molecular weight excluding hydrogens is 254 g/mol. The zero-order valence-corrected chi connectivity index (χ0v) is 10.7. The molecule has 0 spiro atoms. The van der Waals surface area contributed by atoms with Crippen LogP contribution in [0.15, 0.2) is 47.5 Å². The molecule has 0 saturated carbocycles. The van der Waals surface area contributed by atoms with Crippen molar-refractivity contribution in [2.45, 2.75) is 6.54 Å². The largest absolute Gasteiger partial charge is 0.464 e. The Labute approximate surface area is 115 Å². The van der Waals surface area contributed by atoms with Crippen LogP contribution in [-0.2, 0) is 6.54 Å². The fourth-order valence-corrected chi connectivity index (χ4v) is 2.01. The highest BCUT2D eigenvalue weighted by Gasteiger charge is 2.11. The van der Waals surface area contributed by atoms with Gasteiger partial charge in [0.05, 0.1) is 12.0 Å². The molecule has 3 N–H and O–H groups in total. The van der Waals surface area contributed by atoms with E-state index in [4.69, 9.17) is 10.5 Å². The van der Waals surface area contributed by atoms with E-state index in [-0.39, 0.29) is 5.56 Å². The Balaban J connectivity index is 2.26. The van der Waals surface area contributed by atoms with Crippen LogP contribution in [0.2, 0.25) is 0 Å². The molecule has 2 heterocycles. The molecule has 1 aliphatic rings. The Kier molecular flexibility index (Phi) is 3.18. The molecule has 1 aromatic carbocycles. The van der Waals surface area contributed by atoms with Crippen molar-refractivity contribution >= 4 is 6.08 Å². The number of benzene rings is 1. The smallest absolute Gasteiger partial charge is 0.271 e. The van der Waals surface area contributed by atoms with Crippen LogP contribution in [-0.4, -0.2) is 10.2 Å². The summed E-state index contributed by atoms with van der Waals surface area (Å²) in [6.45, 7) is 0.430. The third kappa shape index (κ3) is 2.26. The highest BCUT2D eigenvalue weighted by Crippen LogP contribution is 2.30. The quantitative estimate of drug-likeness (QED) is 0.825. The Morgan fingerprint density at radius 2 is 2.15 bits per heavy atom. The van der Waals surface area contributed by atoms with Gasteiger partial charge >= 0.3 is 0 Å². The van der Waals surface area contributed by atoms with Gasteiger partial charge in [0, 0.05) is 17.7 Å². The van der Waals surface area contributed by atoms with Gasteiger partial charge < -0.3 is 10.5 Å². The molecule has 3 rings (SSSR count). The number of ether oxygens (including phenoxy) is 1. The summed E-state index contributed by atoms with van der Waals surface area (Å²) in [6, 6.07) is 7.40. The maximum absolute atomic E-state index is 11.7. The van der Waals surface area contributed by atoms with Crippen LogP contribution in [0.25, 0.3) is 17.3 Å². The summed E-state index contributed by atoms with van der Waals surface area (Å²) >= 11 is 0. The first-order chi connectivity index (χ1) is 9.78. The number of nitrogens with one attached hydrogen (secondary N) is 1. The van der Waals surface area contributed by atoms with Crippen LogP contribution >= 0.6 is 0 Å². The molecule has 0 saturated heterocycles. The van der Waals surface area contributed by atoms with Gasteiger partial charge in [0.2, 0.25) is 0 Å². The molecular formula is C15H13N3O2. The average Bonchev–Trinajstić information content (AvgIpc) is 2.49. The average molecular weight is 267 g/mol. The lowest BCUT2D eigenvalue weighted by atomic mass is 10.0. The number of hydrogen-bond acceptors (Lipinski definition) is 4. The minimum Gasteiger partial charge on any atom is -0.464 e. The standard InChI is InChI=1S/C15H13N3O2/c16-9-10-4-5-14-12(7-10)13-8-11(15(19)18-17-13)3-1-2-6-20-14/h1-8H,9,16H2,(H,18,19)/b3-1-,6-2+. The summed E-state index contributed by atoms with van der Waals surface area (Å²) in [7, 11) is 0. The van der Waals surface area contributed by atoms with Crippen LogP contribution in [0.4, 0.5) is 0 Å². The molecule has 0 radical (unpaired) electrons. The first kappa shape index (κ1) is 12.4. The van der Waals surface area contributed by atoms with E-state index in [0.29, 0.717) is 23.6 Å². The number of hydrogen-bond donors (Lipinski definition) is 2. The molecule has 5 heteroatoms. The van der Waals surface area contributed by atoms with Crippen molar-refractivity contribution in [3.63, 3.8) is 0 Å². The number of aromatic amines is 1. The molecule has 20 heavy (non-hydrogen) atoms. The summed E-state index contributed by atoms with van der Waals surface area (Å²) in [5.41, 5.74) is 8.40. The molecule has 1 aliphatic heterocycles. The van der Waals surface area contributed by atoms with Crippen molar-refractivity contribution in [2.75, 3.05) is 0 Å². The van der Waals surface area contributed by atoms with Gasteiger partial charge in [-0.25, -0.2) is 5.10 Å². The molecule has 2 aromatic rings. The lowest BCUT2D eigenvalue weighted by Crippen LogP contribution is -2.12. The number of allylic oxidation sites excluding steroid dienone is 2. The lowest BCUT2D eigenvalue weighted by Gasteiger charge is -2.10. The van der Waals surface area contributed by atoms with Crippen LogP contribution < -0.4 is 16.0 Å². The van der Waals surface area contributed by atoms with Crippen LogP contribution in [0.1, 0.15) is 11.1 Å². The van der Waals surface area contributed by atoms with Crippen LogP contribution in [0.5, 0.6) is 5.75 Å². The van der Waals surface area contributed by atoms with Gasteiger partial charge in [-0.15, -0.1) is 0 Å². The first-order valence-electron chi connectivity index (χ1n) is 6.21. The van der Waals surface area contributed by atoms with E-state index in [1.165, 1.54) is 0 Å². The van der Waals surface area contributed by atoms with Crippen molar-refractivity contribution in [1.82, 2.24) is 10.2 Å². The fraction of sp³-hybridized carbons (Fsp3) is 0.0667. The number of H-pyrrole nitrogens is 1. The summed E-state index contributed by atoms with van der Waals surface area (Å²) in [5.74, 6) is 0.666. The van der Waals surface area contributed by atoms with E-state index in [1.54, 1.807) is 30.6 Å². The Morgan fingerprint density at radius 3 is 3.00 bits per heavy atom. The van der Waals surface area contributed by atoms with E-state index >= 15 is 0 Å². The number of nitrogens with zero attached hydrogens (tertiary/aromatic N) is 1. The molecule has 0 amide bonds. The van der Waals surface area contributed by atoms with Crippen molar-refractivity contribution in [2.24, 2.45) is 5.73 Å². The van der Waals surface area contributed by atoms with Crippen molar-refractivity contribution < 1.29 is 4.74 Å². The zero-order chi connectivity index (χ0) is 13.9. The SMILES string of the molecule is NCc1ccc2c(c1)-c1cc(c(=O)[nH]n1)/C=C\C=C\O2. The monoisotopic (exact) mass is 267 g/mol. The second kappa shape index (κ2) is 5.14. The fourth-order valence-electron chi connectivity index (χ4n) is 2.01. The highest BCUT2D eigenvalue weighted by atomic mass is 16.5. The van der Waals surface area contributed by atoms with Gasteiger partial charge in [-0.3, -0.25) is 4.79 Å². The predicted molar refractivity (Wildman–Crippen MR) is 77.0 cm³/mol. The molecule has 0 aliphatic carbocycles. The van der Waals surface area contributed by atoms with Gasteiger partial charge in [0.25, 0.3) is 5.56 Å². The van der Waals surface area contributed by atoms with Gasteiger partial charge in [-0.1, -0.05) is 12.1 Å². The first-order valence-corrected chi connectivity index (χ1v) is 6.21. The van der Waals surface area contributed by atoms with E-state index in [9.17, 15) is 4.79 Å². The molecule has 0 fully saturated rings. The topological polar surface area (TPSA) is 81.0 Å². The van der Waals surface area contributed by atoms with Gasteiger partial charge in [0.1, 0.15) is 5.75 Å². The minimum atomic E-state index is -0.226. The second-order valence-corrected chi connectivity index (χ2v) is 4.38. The summed E-state index contributed by atoms with van der Waals surface area (Å²) in [6.07, 6.45) is 6.75. The molecule has 0 atom stereocenters. The Bertz CT molecular complexity index is 760. The van der Waals surface area contributed by atoms with E-state index < -0.39 is 0 Å². The van der Waals surface area contributed by atoms with Gasteiger partial charge in [0.15, 0.2) is 0 Å². The van der Waals surface area contributed by atoms with E-state index in [0.717, 1.165) is 11.1 Å². The van der Waals surface area contributed by atoms with Crippen LogP contribution in [0.3, 0.4) is 0 Å². The zero-order valence-electron chi connectivity index (χ0n) is 10.7. The third-order valence-corrected chi connectivity index (χ3v) is 3.05. The number of fused-ring (bicyclic) bond motifs is 4. The number of rotatable bonds is 1. The number of aromatic nitrogens is 2. The van der Waals surface area contributed by atoms with Crippen molar-refractivity contribution in [1.29, 1.82) is 0 Å². The lowest BCUT2D eigenvalue weighted by molar-refractivity contribution is 0.482. The van der Waals surface area contributed by atoms with Gasteiger partial charge in [-0.05, 0) is 35.9 Å². The van der Waals surface area contributed by atoms with E-state index in [2.05, 4.69) is 10.2 Å². The van der Waals surface area contributed by atoms with Crippen LogP contribution in [0, 0.1) is 0 Å². The summed E-state index contributed by atoms with van der Waals surface area (Å²) < 4.78 is 5.59. The Morgan fingerprint density at radius 1 is 1.25 bits per heavy atom.